The van der Waals surface area contributed by atoms with E-state index in [0.717, 1.165) is 11.4 Å². The average Bonchev–Trinajstić information content (AvgIpc) is 3.89. The highest BCUT2D eigenvalue weighted by molar-refractivity contribution is 7.26. The summed E-state index contributed by atoms with van der Waals surface area (Å²) in [5.41, 5.74) is 16.1. The standard InChI is InChI=1S/C53H33NS/c1-3-17-34(18-4-1)49-50-43-26-12-16-30-48(43)55-52(50)42-25-8-7-24-41(42)51(49)54(35-19-5-2-6-20-35)36-31-32-40-39-23-11-15-29-46(39)53(47(40)33-36)44-27-13-9-21-37(44)38-22-10-14-28-45(38)53/h1-33H. The summed E-state index contributed by atoms with van der Waals surface area (Å²) in [5, 5.41) is 5.12. The van der Waals surface area contributed by atoms with E-state index in [0.29, 0.717) is 0 Å². The van der Waals surface area contributed by atoms with Crippen LogP contribution in [-0.2, 0) is 5.41 Å². The van der Waals surface area contributed by atoms with Gasteiger partial charge in [0.25, 0.3) is 0 Å². The molecule has 1 heterocycles. The summed E-state index contributed by atoms with van der Waals surface area (Å²) in [6.45, 7) is 0. The molecule has 0 amide bonds. The average molecular weight is 716 g/mol. The van der Waals surface area contributed by atoms with Gasteiger partial charge in [-0.05, 0) is 80.4 Å². The molecular formula is C53H33NS. The molecule has 0 unspecified atom stereocenters. The normalized spacial score (nSPS) is 13.2. The lowest BCUT2D eigenvalue weighted by Crippen LogP contribution is -2.26. The van der Waals surface area contributed by atoms with E-state index in [1.54, 1.807) is 0 Å². The van der Waals surface area contributed by atoms with Crippen molar-refractivity contribution in [3.63, 3.8) is 0 Å². The first-order valence-electron chi connectivity index (χ1n) is 19.0. The Morgan fingerprint density at radius 1 is 0.382 bits per heavy atom. The number of rotatable bonds is 4. The van der Waals surface area contributed by atoms with Crippen LogP contribution in [0.4, 0.5) is 17.1 Å². The molecule has 0 fully saturated rings. The molecule has 0 saturated carbocycles. The molecule has 2 aliphatic rings. The molecule has 0 radical (unpaired) electrons. The van der Waals surface area contributed by atoms with Gasteiger partial charge in [0.15, 0.2) is 0 Å². The molecule has 55 heavy (non-hydrogen) atoms. The van der Waals surface area contributed by atoms with Crippen molar-refractivity contribution >= 4 is 59.3 Å². The highest BCUT2D eigenvalue weighted by Crippen LogP contribution is 2.63. The molecule has 10 aromatic rings. The van der Waals surface area contributed by atoms with Crippen molar-refractivity contribution in [2.75, 3.05) is 4.90 Å². The number of hydrogen-bond donors (Lipinski definition) is 0. The molecule has 0 bridgehead atoms. The van der Waals surface area contributed by atoms with E-state index < -0.39 is 5.41 Å². The molecule has 1 aromatic heterocycles. The maximum absolute atomic E-state index is 2.54. The molecule has 0 saturated heterocycles. The minimum absolute atomic E-state index is 0.435. The summed E-state index contributed by atoms with van der Waals surface area (Å²) in [5.74, 6) is 0. The maximum Gasteiger partial charge on any atom is 0.0726 e. The van der Waals surface area contributed by atoms with Crippen molar-refractivity contribution in [2.45, 2.75) is 5.41 Å². The zero-order chi connectivity index (χ0) is 36.1. The Morgan fingerprint density at radius 2 is 0.891 bits per heavy atom. The first-order chi connectivity index (χ1) is 27.3. The Balaban J connectivity index is 1.23. The van der Waals surface area contributed by atoms with Gasteiger partial charge in [0, 0.05) is 47.9 Å². The number of para-hydroxylation sites is 1. The van der Waals surface area contributed by atoms with E-state index in [1.165, 1.54) is 92.3 Å². The number of fused-ring (bicyclic) bond motifs is 15. The predicted molar refractivity (Wildman–Crippen MR) is 233 cm³/mol. The number of thiophene rings is 1. The largest absolute Gasteiger partial charge is 0.309 e. The molecule has 2 heteroatoms. The van der Waals surface area contributed by atoms with Gasteiger partial charge < -0.3 is 4.90 Å². The van der Waals surface area contributed by atoms with Crippen LogP contribution in [0.1, 0.15) is 22.3 Å². The summed E-state index contributed by atoms with van der Waals surface area (Å²) in [4.78, 5) is 2.54. The Bertz CT molecular complexity index is 3090. The smallest absolute Gasteiger partial charge is 0.0726 e. The number of hydrogen-bond acceptors (Lipinski definition) is 2. The lowest BCUT2D eigenvalue weighted by atomic mass is 9.70. The van der Waals surface area contributed by atoms with Gasteiger partial charge in [-0.25, -0.2) is 0 Å². The molecular weight excluding hydrogens is 683 g/mol. The first-order valence-corrected chi connectivity index (χ1v) is 19.8. The van der Waals surface area contributed by atoms with Crippen LogP contribution in [0, 0.1) is 0 Å². The topological polar surface area (TPSA) is 3.24 Å². The number of nitrogens with zero attached hydrogens (tertiary/aromatic N) is 1. The molecule has 1 spiro atoms. The Labute approximate surface area is 324 Å². The summed E-state index contributed by atoms with van der Waals surface area (Å²) in [7, 11) is 0. The van der Waals surface area contributed by atoms with E-state index in [-0.39, 0.29) is 0 Å². The third-order valence-corrected chi connectivity index (χ3v) is 13.3. The molecule has 0 atom stereocenters. The quantitative estimate of drug-likeness (QED) is 0.175. The zero-order valence-electron chi connectivity index (χ0n) is 29.9. The van der Waals surface area contributed by atoms with Gasteiger partial charge in [-0.3, -0.25) is 0 Å². The van der Waals surface area contributed by atoms with Crippen molar-refractivity contribution in [3.05, 3.63) is 222 Å². The molecule has 12 rings (SSSR count). The van der Waals surface area contributed by atoms with Gasteiger partial charge >= 0.3 is 0 Å². The molecule has 256 valence electrons. The van der Waals surface area contributed by atoms with Crippen molar-refractivity contribution in [1.82, 2.24) is 0 Å². The molecule has 0 aliphatic heterocycles. The predicted octanol–water partition coefficient (Wildman–Crippen LogP) is 14.7. The molecule has 9 aromatic carbocycles. The van der Waals surface area contributed by atoms with Crippen molar-refractivity contribution in [3.8, 4) is 33.4 Å². The second-order valence-electron chi connectivity index (χ2n) is 14.7. The summed E-state index contributed by atoms with van der Waals surface area (Å²) < 4.78 is 2.63. The Hall–Kier alpha value is -6.74. The van der Waals surface area contributed by atoms with Crippen LogP contribution < -0.4 is 4.90 Å². The SMILES string of the molecule is c1ccc(-c2c(N(c3ccccc3)c3ccc4c(c3)C3(c5ccccc5-c5ccccc53)c3ccccc3-4)c3ccccc3c3sc4ccccc4c23)cc1. The molecule has 1 nitrogen and oxygen atoms in total. The van der Waals surface area contributed by atoms with Gasteiger partial charge in [0.1, 0.15) is 0 Å². The van der Waals surface area contributed by atoms with E-state index in [9.17, 15) is 0 Å². The second kappa shape index (κ2) is 11.6. The van der Waals surface area contributed by atoms with Crippen molar-refractivity contribution in [1.29, 1.82) is 0 Å². The van der Waals surface area contributed by atoms with Crippen LogP contribution in [0.2, 0.25) is 0 Å². The maximum atomic E-state index is 2.54. The van der Waals surface area contributed by atoms with Crippen LogP contribution >= 0.6 is 11.3 Å². The van der Waals surface area contributed by atoms with E-state index in [4.69, 9.17) is 0 Å². The van der Waals surface area contributed by atoms with Crippen molar-refractivity contribution < 1.29 is 0 Å². The Kier molecular flexibility index (Phi) is 6.49. The third-order valence-electron chi connectivity index (χ3n) is 12.0. The minimum atomic E-state index is -0.435. The fourth-order valence-electron chi connectivity index (χ4n) is 9.95. The van der Waals surface area contributed by atoms with E-state index in [2.05, 4.69) is 205 Å². The molecule has 0 N–H and O–H groups in total. The van der Waals surface area contributed by atoms with Crippen LogP contribution in [-0.4, -0.2) is 0 Å². The second-order valence-corrected chi connectivity index (χ2v) is 15.8. The van der Waals surface area contributed by atoms with Gasteiger partial charge in [-0.2, -0.15) is 0 Å². The van der Waals surface area contributed by atoms with Crippen LogP contribution in [0.5, 0.6) is 0 Å². The fourth-order valence-corrected chi connectivity index (χ4v) is 11.2. The van der Waals surface area contributed by atoms with Crippen molar-refractivity contribution in [2.24, 2.45) is 0 Å². The first kappa shape index (κ1) is 30.7. The van der Waals surface area contributed by atoms with Gasteiger partial charge in [-0.1, -0.05) is 170 Å². The monoisotopic (exact) mass is 715 g/mol. The molecule has 2 aliphatic carbocycles. The summed E-state index contributed by atoms with van der Waals surface area (Å²) in [6, 6.07) is 74.4. The lowest BCUT2D eigenvalue weighted by Gasteiger charge is -2.33. The lowest BCUT2D eigenvalue weighted by molar-refractivity contribution is 0.793. The van der Waals surface area contributed by atoms with Gasteiger partial charge in [0.05, 0.1) is 11.1 Å². The highest BCUT2D eigenvalue weighted by atomic mass is 32.1. The highest BCUT2D eigenvalue weighted by Gasteiger charge is 2.51. The van der Waals surface area contributed by atoms with Crippen LogP contribution in [0.25, 0.3) is 64.3 Å². The van der Waals surface area contributed by atoms with E-state index >= 15 is 0 Å². The summed E-state index contributed by atoms with van der Waals surface area (Å²) in [6.07, 6.45) is 0. The Morgan fingerprint density at radius 3 is 1.55 bits per heavy atom. The zero-order valence-corrected chi connectivity index (χ0v) is 30.7. The minimum Gasteiger partial charge on any atom is -0.309 e. The van der Waals surface area contributed by atoms with Crippen LogP contribution in [0.3, 0.4) is 0 Å². The van der Waals surface area contributed by atoms with E-state index in [1.807, 2.05) is 11.3 Å². The van der Waals surface area contributed by atoms with Crippen LogP contribution in [0.15, 0.2) is 200 Å². The number of anilines is 3. The fraction of sp³-hybridized carbons (Fsp3) is 0.0189. The van der Waals surface area contributed by atoms with Gasteiger partial charge in [0.2, 0.25) is 0 Å². The number of benzene rings is 9. The summed E-state index contributed by atoms with van der Waals surface area (Å²) >= 11 is 1.90. The third kappa shape index (κ3) is 4.12. The van der Waals surface area contributed by atoms with Gasteiger partial charge in [-0.15, -0.1) is 11.3 Å².